The maximum atomic E-state index is 12.7. The number of carboxylic acid groups (broad SMARTS) is 2. The topological polar surface area (TPSA) is 120 Å². The molecule has 0 radical (unpaired) electrons. The lowest BCUT2D eigenvalue weighted by Crippen LogP contribution is -2.40. The van der Waals surface area contributed by atoms with Crippen LogP contribution in [0.15, 0.2) is 48.8 Å². The number of carbonyl (C=O) groups excluding carboxylic acids is 1. The fourth-order valence-electron chi connectivity index (χ4n) is 4.36. The molecule has 14 heteroatoms. The van der Waals surface area contributed by atoms with Gasteiger partial charge >= 0.3 is 24.3 Å². The zero-order valence-electron chi connectivity index (χ0n) is 21.8. The van der Waals surface area contributed by atoms with E-state index < -0.39 is 24.3 Å². The number of rotatable bonds is 3. The van der Waals surface area contributed by atoms with Gasteiger partial charge in [-0.05, 0) is 22.8 Å². The molecular formula is C26H29F6N3O5. The number of benzene rings is 1. The number of carbonyl (C=O) groups is 3. The molecule has 1 aromatic carbocycles. The van der Waals surface area contributed by atoms with Crippen molar-refractivity contribution in [1.82, 2.24) is 15.2 Å². The second-order valence-corrected chi connectivity index (χ2v) is 10.3. The number of hydrogen-bond donors (Lipinski definition) is 3. The summed E-state index contributed by atoms with van der Waals surface area (Å²) >= 11 is 0. The predicted octanol–water partition coefficient (Wildman–Crippen LogP) is 4.78. The van der Waals surface area contributed by atoms with Gasteiger partial charge in [0, 0.05) is 49.3 Å². The van der Waals surface area contributed by atoms with Gasteiger partial charge in [0.2, 0.25) is 5.91 Å². The van der Waals surface area contributed by atoms with Gasteiger partial charge in [-0.3, -0.25) is 14.7 Å². The van der Waals surface area contributed by atoms with Gasteiger partial charge in [-0.1, -0.05) is 51.1 Å². The van der Waals surface area contributed by atoms with E-state index >= 15 is 0 Å². The highest BCUT2D eigenvalue weighted by atomic mass is 19.4. The van der Waals surface area contributed by atoms with Gasteiger partial charge in [0.25, 0.3) is 0 Å². The standard InChI is InChI=1S/C22H27N3O.2C2HF3O2/c1-22(2,3)21(26)24-20-17-9-5-4-8-16(17)18-13-25(14-19(18)20)12-15-7-6-10-23-11-15;2*3-2(4,5)1(6)7/h4-11,18-20H,12-14H2,1-3H3,(H,24,26);2*(H,6,7)/t18-,19-,20+;;/m0../s1. The van der Waals surface area contributed by atoms with Crippen molar-refractivity contribution < 1.29 is 50.9 Å². The molecule has 1 aromatic heterocycles. The van der Waals surface area contributed by atoms with Crippen LogP contribution in [0.1, 0.15) is 49.4 Å². The predicted molar refractivity (Wildman–Crippen MR) is 130 cm³/mol. The molecule has 1 amide bonds. The maximum absolute atomic E-state index is 12.7. The number of carboxylic acids is 2. The molecule has 2 aromatic rings. The zero-order valence-corrected chi connectivity index (χ0v) is 21.8. The molecule has 0 bridgehead atoms. The Bertz CT molecular complexity index is 1160. The molecule has 0 saturated carbocycles. The molecule has 8 nitrogen and oxygen atoms in total. The van der Waals surface area contributed by atoms with Crippen LogP contribution in [0.2, 0.25) is 0 Å². The Morgan fingerprint density at radius 1 is 0.900 bits per heavy atom. The Kier molecular flexibility index (Phi) is 10.3. The number of halogens is 6. The summed E-state index contributed by atoms with van der Waals surface area (Å²) in [6, 6.07) is 12.9. The van der Waals surface area contributed by atoms with Gasteiger partial charge in [-0.15, -0.1) is 0 Å². The van der Waals surface area contributed by atoms with Crippen LogP contribution < -0.4 is 5.32 Å². The molecule has 40 heavy (non-hydrogen) atoms. The van der Waals surface area contributed by atoms with Gasteiger partial charge in [-0.25, -0.2) is 9.59 Å². The van der Waals surface area contributed by atoms with Crippen molar-refractivity contribution in [3.63, 3.8) is 0 Å². The number of aromatic nitrogens is 1. The zero-order chi connectivity index (χ0) is 30.5. The summed E-state index contributed by atoms with van der Waals surface area (Å²) in [6.07, 6.45) is -6.41. The lowest BCUT2D eigenvalue weighted by Gasteiger charge is -2.26. The second kappa shape index (κ2) is 12.7. The number of alkyl halides is 6. The molecule has 3 N–H and O–H groups in total. The summed E-state index contributed by atoms with van der Waals surface area (Å²) in [7, 11) is 0. The number of nitrogens with zero attached hydrogens (tertiary/aromatic N) is 2. The molecule has 2 heterocycles. The lowest BCUT2D eigenvalue weighted by molar-refractivity contribution is -0.193. The van der Waals surface area contributed by atoms with Crippen LogP contribution in [0.25, 0.3) is 0 Å². The Morgan fingerprint density at radius 2 is 1.43 bits per heavy atom. The van der Waals surface area contributed by atoms with Gasteiger partial charge in [0.1, 0.15) is 0 Å². The smallest absolute Gasteiger partial charge is 0.475 e. The van der Waals surface area contributed by atoms with E-state index in [-0.39, 0.29) is 17.4 Å². The monoisotopic (exact) mass is 577 g/mol. The van der Waals surface area contributed by atoms with E-state index in [1.54, 1.807) is 0 Å². The first kappa shape index (κ1) is 32.5. The van der Waals surface area contributed by atoms with Crippen LogP contribution in [0.3, 0.4) is 0 Å². The minimum absolute atomic E-state index is 0.113. The number of likely N-dealkylation sites (tertiary alicyclic amines) is 1. The molecular weight excluding hydrogens is 548 g/mol. The summed E-state index contributed by atoms with van der Waals surface area (Å²) in [5.41, 5.74) is 3.59. The second-order valence-electron chi connectivity index (χ2n) is 10.3. The van der Waals surface area contributed by atoms with Crippen LogP contribution in [0, 0.1) is 11.3 Å². The molecule has 1 aliphatic carbocycles. The highest BCUT2D eigenvalue weighted by Crippen LogP contribution is 2.49. The Labute approximate surface area is 226 Å². The highest BCUT2D eigenvalue weighted by molar-refractivity contribution is 5.82. The summed E-state index contributed by atoms with van der Waals surface area (Å²) in [5.74, 6) is -4.45. The summed E-state index contributed by atoms with van der Waals surface area (Å²) in [5, 5.41) is 17.6. The highest BCUT2D eigenvalue weighted by Gasteiger charge is 2.47. The average molecular weight is 578 g/mol. The number of nitrogens with one attached hydrogen (secondary N) is 1. The molecule has 1 aliphatic heterocycles. The third kappa shape index (κ3) is 8.93. The molecule has 0 unspecified atom stereocenters. The average Bonchev–Trinajstić information content (AvgIpc) is 3.36. The van der Waals surface area contributed by atoms with Gasteiger partial charge in [0.15, 0.2) is 0 Å². The Balaban J connectivity index is 0.000000333. The first-order chi connectivity index (χ1) is 18.3. The molecule has 4 rings (SSSR count). The third-order valence-corrected chi connectivity index (χ3v) is 6.18. The van der Waals surface area contributed by atoms with Gasteiger partial charge in [0.05, 0.1) is 6.04 Å². The normalized spacial score (nSPS) is 20.2. The van der Waals surface area contributed by atoms with Crippen molar-refractivity contribution in [1.29, 1.82) is 0 Å². The fourth-order valence-corrected chi connectivity index (χ4v) is 4.36. The minimum atomic E-state index is -5.08. The Morgan fingerprint density at radius 3 is 1.88 bits per heavy atom. The van der Waals surface area contributed by atoms with Crippen LogP contribution in [-0.2, 0) is 20.9 Å². The number of fused-ring (bicyclic) bond motifs is 3. The van der Waals surface area contributed by atoms with E-state index in [0.717, 1.165) is 19.6 Å². The van der Waals surface area contributed by atoms with Crippen LogP contribution in [0.4, 0.5) is 26.3 Å². The summed E-state index contributed by atoms with van der Waals surface area (Å²) < 4.78 is 63.5. The fraction of sp³-hybridized carbons (Fsp3) is 0.462. The van der Waals surface area contributed by atoms with Crippen molar-refractivity contribution in [3.05, 3.63) is 65.5 Å². The van der Waals surface area contributed by atoms with Crippen LogP contribution >= 0.6 is 0 Å². The lowest BCUT2D eigenvalue weighted by atomic mass is 9.91. The SMILES string of the molecule is CC(C)(C)C(=O)N[C@@H]1c2ccccc2[C@@H]2CN(Cc3cccnc3)C[C@H]12.O=C(O)C(F)(F)F.O=C(O)C(F)(F)F. The first-order valence-electron chi connectivity index (χ1n) is 11.9. The number of aliphatic carboxylic acids is 2. The third-order valence-electron chi connectivity index (χ3n) is 6.18. The Hall–Kier alpha value is -3.68. The van der Waals surface area contributed by atoms with Crippen molar-refractivity contribution in [2.75, 3.05) is 13.1 Å². The van der Waals surface area contributed by atoms with E-state index in [2.05, 4.69) is 45.5 Å². The number of pyridine rings is 1. The van der Waals surface area contributed by atoms with E-state index in [1.807, 2.05) is 39.2 Å². The van der Waals surface area contributed by atoms with E-state index in [9.17, 15) is 31.1 Å². The maximum Gasteiger partial charge on any atom is 0.490 e. The van der Waals surface area contributed by atoms with Crippen molar-refractivity contribution >= 4 is 17.8 Å². The van der Waals surface area contributed by atoms with Crippen molar-refractivity contribution in [2.45, 2.75) is 51.6 Å². The number of amides is 1. The summed E-state index contributed by atoms with van der Waals surface area (Å²) in [6.45, 7) is 8.89. The quantitative estimate of drug-likeness (QED) is 0.449. The molecule has 3 atom stereocenters. The molecule has 1 fully saturated rings. The minimum Gasteiger partial charge on any atom is -0.475 e. The van der Waals surface area contributed by atoms with Gasteiger partial charge < -0.3 is 15.5 Å². The van der Waals surface area contributed by atoms with E-state index in [1.165, 1.54) is 16.7 Å². The molecule has 1 saturated heterocycles. The van der Waals surface area contributed by atoms with Crippen LogP contribution in [0.5, 0.6) is 0 Å². The first-order valence-corrected chi connectivity index (χ1v) is 11.9. The largest absolute Gasteiger partial charge is 0.490 e. The number of hydrogen-bond acceptors (Lipinski definition) is 5. The van der Waals surface area contributed by atoms with E-state index in [0.29, 0.717) is 11.8 Å². The summed E-state index contributed by atoms with van der Waals surface area (Å²) in [4.78, 5) is 37.2. The van der Waals surface area contributed by atoms with Crippen molar-refractivity contribution in [3.8, 4) is 0 Å². The molecule has 2 aliphatic rings. The molecule has 220 valence electrons. The van der Waals surface area contributed by atoms with Gasteiger partial charge in [-0.2, -0.15) is 26.3 Å². The molecule has 0 spiro atoms. The van der Waals surface area contributed by atoms with Crippen LogP contribution in [-0.4, -0.2) is 63.4 Å². The van der Waals surface area contributed by atoms with Crippen molar-refractivity contribution in [2.24, 2.45) is 11.3 Å². The van der Waals surface area contributed by atoms with E-state index in [4.69, 9.17) is 19.8 Å².